The van der Waals surface area contributed by atoms with Crippen LogP contribution >= 0.6 is 0 Å². The highest BCUT2D eigenvalue weighted by atomic mass is 32.2. The Kier molecular flexibility index (Phi) is 11.4. The first-order valence-electron chi connectivity index (χ1n) is 14.2. The third-order valence-corrected chi connectivity index (χ3v) is 9.54. The average Bonchev–Trinajstić information content (AvgIpc) is 3.57. The van der Waals surface area contributed by atoms with Crippen LogP contribution in [0.15, 0.2) is 51.9 Å². The number of carbonyl (C=O) groups excluding carboxylic acids is 1. The van der Waals surface area contributed by atoms with Crippen molar-refractivity contribution in [1.82, 2.24) is 14.4 Å². The third kappa shape index (κ3) is 9.56. The number of hydrogen-bond acceptors (Lipinski definition) is 6. The minimum absolute atomic E-state index is 0.188. The Morgan fingerprint density at radius 3 is 2.02 bits per heavy atom. The van der Waals surface area contributed by atoms with Gasteiger partial charge in [-0.25, -0.2) is 8.42 Å². The first-order valence-corrected chi connectivity index (χ1v) is 15.6. The smallest absolute Gasteiger partial charge is 0.368 e. The Balaban J connectivity index is 0.000000211. The molecular weight excluding hydrogens is 581 g/mol. The summed E-state index contributed by atoms with van der Waals surface area (Å²) in [4.78, 5) is 15.0. The number of anilines is 1. The molecule has 1 aromatic heterocycles. The van der Waals surface area contributed by atoms with Gasteiger partial charge in [0.1, 0.15) is 10.6 Å². The molecule has 3 aromatic rings. The second-order valence-electron chi connectivity index (χ2n) is 11.1. The first-order chi connectivity index (χ1) is 20.1. The summed E-state index contributed by atoms with van der Waals surface area (Å²) < 4.78 is 63.2. The molecule has 43 heavy (non-hydrogen) atoms. The molecule has 5 rings (SSSR count). The summed E-state index contributed by atoms with van der Waals surface area (Å²) >= 11 is 0. The van der Waals surface area contributed by atoms with Gasteiger partial charge < -0.3 is 14.3 Å². The SMILES string of the molecule is CC(F)(F)F.Cc1ccc(C)c(N2CCN(C=O)CC2)c1.Cc1ccc(C2CCN(S(=O)(=O)c3c(C)noc3C)C2)cc1. The van der Waals surface area contributed by atoms with Gasteiger partial charge in [-0.05, 0) is 69.7 Å². The number of amides is 1. The van der Waals surface area contributed by atoms with Gasteiger partial charge in [-0.1, -0.05) is 47.1 Å². The molecule has 2 aliphatic rings. The summed E-state index contributed by atoms with van der Waals surface area (Å²) in [6.07, 6.45) is -2.22. The molecule has 1 unspecified atom stereocenters. The van der Waals surface area contributed by atoms with Crippen LogP contribution in [0.4, 0.5) is 18.9 Å². The number of alkyl halides is 3. The Labute approximate surface area is 252 Å². The summed E-state index contributed by atoms with van der Waals surface area (Å²) in [5, 5.41) is 3.76. The van der Waals surface area contributed by atoms with Gasteiger partial charge >= 0.3 is 6.18 Å². The molecule has 1 amide bonds. The van der Waals surface area contributed by atoms with Crippen molar-refractivity contribution in [3.8, 4) is 0 Å². The molecule has 0 N–H and O–H groups in total. The predicted octanol–water partition coefficient (Wildman–Crippen LogP) is 5.93. The summed E-state index contributed by atoms with van der Waals surface area (Å²) in [5.41, 5.74) is 6.74. The Bertz CT molecular complexity index is 1440. The summed E-state index contributed by atoms with van der Waals surface area (Å²) in [5.74, 6) is 0.604. The Morgan fingerprint density at radius 2 is 1.49 bits per heavy atom. The van der Waals surface area contributed by atoms with E-state index in [0.29, 0.717) is 24.5 Å². The minimum Gasteiger partial charge on any atom is -0.368 e. The van der Waals surface area contributed by atoms with Crippen LogP contribution < -0.4 is 4.90 Å². The number of benzene rings is 2. The van der Waals surface area contributed by atoms with Crippen LogP contribution in [0, 0.1) is 34.6 Å². The molecule has 8 nitrogen and oxygen atoms in total. The van der Waals surface area contributed by atoms with Gasteiger partial charge in [-0.15, -0.1) is 0 Å². The normalized spacial score (nSPS) is 17.6. The quantitative estimate of drug-likeness (QED) is 0.328. The highest BCUT2D eigenvalue weighted by Crippen LogP contribution is 2.33. The van der Waals surface area contributed by atoms with E-state index in [1.54, 1.807) is 18.2 Å². The van der Waals surface area contributed by atoms with Gasteiger partial charge in [-0.2, -0.15) is 17.5 Å². The molecule has 2 aromatic carbocycles. The zero-order valence-electron chi connectivity index (χ0n) is 25.6. The summed E-state index contributed by atoms with van der Waals surface area (Å²) in [6.45, 7) is 14.4. The second-order valence-corrected chi connectivity index (χ2v) is 13.0. The maximum atomic E-state index is 12.8. The van der Waals surface area contributed by atoms with Crippen molar-refractivity contribution in [3.05, 3.63) is 76.2 Å². The number of halogens is 3. The fourth-order valence-electron chi connectivity index (χ4n) is 5.16. The molecule has 2 fully saturated rings. The molecule has 1 atom stereocenters. The van der Waals surface area contributed by atoms with Gasteiger partial charge in [-0.3, -0.25) is 4.79 Å². The van der Waals surface area contributed by atoms with Gasteiger partial charge in [0.25, 0.3) is 0 Å². The number of carbonyl (C=O) groups is 1. The highest BCUT2D eigenvalue weighted by molar-refractivity contribution is 7.89. The van der Waals surface area contributed by atoms with Gasteiger partial charge in [0.15, 0.2) is 5.76 Å². The summed E-state index contributed by atoms with van der Waals surface area (Å²) in [7, 11) is -3.53. The number of sulfonamides is 1. The fraction of sp³-hybridized carbons (Fsp3) is 0.484. The van der Waals surface area contributed by atoms with Crippen LogP contribution in [-0.4, -0.2) is 74.6 Å². The van der Waals surface area contributed by atoms with Gasteiger partial charge in [0, 0.05) is 51.9 Å². The van der Waals surface area contributed by atoms with Crippen LogP contribution in [-0.2, 0) is 14.8 Å². The standard InChI is InChI=1S/C16H20N2O3S.C13H18N2O.C2H3F3/c1-11-4-6-14(7-5-11)15-8-9-18(10-15)22(19,20)16-12(2)17-21-13(16)3;1-11-3-4-12(2)13(9-11)15-7-5-14(10-16)6-8-15;1-2(3,4)5/h4-7,15H,8-10H2,1-3H3;3-4,9-10H,5-8H2,1-2H3;1H3. The molecular formula is C31H41F3N4O4S. The topological polar surface area (TPSA) is 87.0 Å². The lowest BCUT2D eigenvalue weighted by molar-refractivity contribution is -0.118. The number of aromatic nitrogens is 1. The van der Waals surface area contributed by atoms with E-state index in [2.05, 4.69) is 66.4 Å². The molecule has 0 radical (unpaired) electrons. The lowest BCUT2D eigenvalue weighted by Crippen LogP contribution is -2.45. The van der Waals surface area contributed by atoms with E-state index in [0.717, 1.165) is 39.0 Å². The molecule has 236 valence electrons. The molecule has 2 saturated heterocycles. The highest BCUT2D eigenvalue weighted by Gasteiger charge is 2.36. The molecule has 0 bridgehead atoms. The lowest BCUT2D eigenvalue weighted by Gasteiger charge is -2.35. The second kappa shape index (κ2) is 14.4. The number of aryl methyl sites for hydroxylation is 5. The molecule has 0 saturated carbocycles. The maximum Gasteiger partial charge on any atom is 0.386 e. The van der Waals surface area contributed by atoms with Crippen molar-refractivity contribution in [2.45, 2.75) is 65.0 Å². The van der Waals surface area contributed by atoms with E-state index in [1.807, 2.05) is 11.8 Å². The van der Waals surface area contributed by atoms with E-state index in [-0.39, 0.29) is 17.7 Å². The molecule has 12 heteroatoms. The van der Waals surface area contributed by atoms with Crippen LogP contribution in [0.5, 0.6) is 0 Å². The van der Waals surface area contributed by atoms with Crippen molar-refractivity contribution in [1.29, 1.82) is 0 Å². The van der Waals surface area contributed by atoms with Crippen molar-refractivity contribution >= 4 is 22.1 Å². The molecule has 0 aliphatic carbocycles. The minimum atomic E-state index is -4.00. The third-order valence-electron chi connectivity index (χ3n) is 7.43. The molecule has 0 spiro atoms. The monoisotopic (exact) mass is 622 g/mol. The van der Waals surface area contributed by atoms with Crippen LogP contribution in [0.2, 0.25) is 0 Å². The van der Waals surface area contributed by atoms with Crippen molar-refractivity contribution < 1.29 is 30.9 Å². The Morgan fingerprint density at radius 1 is 0.907 bits per heavy atom. The average molecular weight is 623 g/mol. The van der Waals surface area contributed by atoms with Crippen molar-refractivity contribution in [3.63, 3.8) is 0 Å². The maximum absolute atomic E-state index is 12.8. The lowest BCUT2D eigenvalue weighted by atomic mass is 9.98. The molecule has 2 aliphatic heterocycles. The zero-order chi connectivity index (χ0) is 31.9. The van der Waals surface area contributed by atoms with E-state index in [1.165, 1.54) is 27.9 Å². The van der Waals surface area contributed by atoms with E-state index in [4.69, 9.17) is 4.52 Å². The summed E-state index contributed by atoms with van der Waals surface area (Å²) in [6, 6.07) is 14.8. The number of hydrogen-bond donors (Lipinski definition) is 0. The van der Waals surface area contributed by atoms with Gasteiger partial charge in [0.05, 0.1) is 0 Å². The first kappa shape index (κ1) is 34.1. The zero-order valence-corrected chi connectivity index (χ0v) is 26.4. The van der Waals surface area contributed by atoms with Gasteiger partial charge in [0.2, 0.25) is 16.4 Å². The van der Waals surface area contributed by atoms with E-state index in [9.17, 15) is 26.4 Å². The van der Waals surface area contributed by atoms with E-state index < -0.39 is 16.2 Å². The van der Waals surface area contributed by atoms with Crippen LogP contribution in [0.25, 0.3) is 0 Å². The van der Waals surface area contributed by atoms with Crippen LogP contribution in [0.1, 0.15) is 53.0 Å². The van der Waals surface area contributed by atoms with Crippen LogP contribution in [0.3, 0.4) is 0 Å². The number of rotatable bonds is 5. The van der Waals surface area contributed by atoms with E-state index >= 15 is 0 Å². The van der Waals surface area contributed by atoms with Crippen molar-refractivity contribution in [2.75, 3.05) is 44.2 Å². The fourth-order valence-corrected chi connectivity index (χ4v) is 6.95. The predicted molar refractivity (Wildman–Crippen MR) is 161 cm³/mol. The van der Waals surface area contributed by atoms with Crippen molar-refractivity contribution in [2.24, 2.45) is 0 Å². The Hall–Kier alpha value is -3.38. The number of piperazine rings is 1. The number of nitrogens with zero attached hydrogens (tertiary/aromatic N) is 4. The molecule has 3 heterocycles. The largest absolute Gasteiger partial charge is 0.386 e.